The molecule has 0 unspecified atom stereocenters. The Morgan fingerprint density at radius 3 is 2.89 bits per heavy atom. The number of aromatic nitrogens is 2. The van der Waals surface area contributed by atoms with Gasteiger partial charge in [0.1, 0.15) is 0 Å². The molecule has 0 bridgehead atoms. The predicted octanol–water partition coefficient (Wildman–Crippen LogP) is 3.60. The number of carbonyl (C=O) groups excluding carboxylic acids is 1. The highest BCUT2D eigenvalue weighted by atomic mass is 127. The van der Waals surface area contributed by atoms with Crippen molar-refractivity contribution in [1.29, 1.82) is 0 Å². The molecule has 1 aromatic carbocycles. The van der Waals surface area contributed by atoms with E-state index in [2.05, 4.69) is 38.1 Å². The summed E-state index contributed by atoms with van der Waals surface area (Å²) in [4.78, 5) is 11.8. The number of thioether (sulfide) groups is 2. The first-order valence-corrected chi connectivity index (χ1v) is 9.33. The maximum atomic E-state index is 11.8. The van der Waals surface area contributed by atoms with Crippen LogP contribution in [-0.4, -0.2) is 28.1 Å². The average molecular weight is 423 g/mol. The van der Waals surface area contributed by atoms with E-state index in [1.807, 2.05) is 30.5 Å². The molecule has 1 heterocycles. The van der Waals surface area contributed by atoms with E-state index in [9.17, 15) is 4.79 Å². The Hall–Kier alpha value is -0.320. The minimum absolute atomic E-state index is 0.0344. The molecule has 0 aliphatic rings. The van der Waals surface area contributed by atoms with Crippen LogP contribution in [0.25, 0.3) is 0 Å². The summed E-state index contributed by atoms with van der Waals surface area (Å²) in [5.74, 6) is 0.307. The molecular weight excluding hydrogens is 413 g/mol. The van der Waals surface area contributed by atoms with Crippen LogP contribution in [0.4, 0.5) is 5.69 Å². The Morgan fingerprint density at radius 1 is 1.42 bits per heavy atom. The molecule has 1 aromatic heterocycles. The molecule has 8 heteroatoms. The molecule has 0 saturated heterocycles. The second-order valence-corrected chi connectivity index (χ2v) is 7.88. The van der Waals surface area contributed by atoms with Crippen LogP contribution in [0.15, 0.2) is 32.9 Å². The summed E-state index contributed by atoms with van der Waals surface area (Å²) < 4.78 is 2.83. The standard InChI is InChI=1S/C11H10IN3OS3/c1-17-10-14-15-11(19-10)18-6-9(16)13-8-4-2-3-7(12)5-8/h2-5H,6H2,1H3,(H,13,16). The zero-order chi connectivity index (χ0) is 13.7. The molecule has 2 aromatic rings. The summed E-state index contributed by atoms with van der Waals surface area (Å²) in [5, 5.41) is 10.9. The van der Waals surface area contributed by atoms with Gasteiger partial charge in [-0.1, -0.05) is 40.9 Å². The molecule has 2 rings (SSSR count). The molecule has 0 radical (unpaired) electrons. The topological polar surface area (TPSA) is 54.9 Å². The van der Waals surface area contributed by atoms with E-state index < -0.39 is 0 Å². The van der Waals surface area contributed by atoms with Crippen molar-refractivity contribution < 1.29 is 4.79 Å². The van der Waals surface area contributed by atoms with E-state index in [0.717, 1.165) is 17.9 Å². The largest absolute Gasteiger partial charge is 0.325 e. The van der Waals surface area contributed by atoms with Crippen molar-refractivity contribution in [2.45, 2.75) is 8.68 Å². The quantitative estimate of drug-likeness (QED) is 0.589. The zero-order valence-corrected chi connectivity index (χ0v) is 14.5. The van der Waals surface area contributed by atoms with Crippen LogP contribution >= 0.6 is 57.5 Å². The first kappa shape index (κ1) is 15.1. The van der Waals surface area contributed by atoms with E-state index in [1.165, 1.54) is 23.1 Å². The Bertz CT molecular complexity index is 576. The Labute approximate surface area is 137 Å². The first-order valence-electron chi connectivity index (χ1n) is 5.23. The van der Waals surface area contributed by atoms with E-state index in [4.69, 9.17) is 0 Å². The smallest absolute Gasteiger partial charge is 0.234 e. The minimum Gasteiger partial charge on any atom is -0.325 e. The van der Waals surface area contributed by atoms with Crippen molar-refractivity contribution in [3.63, 3.8) is 0 Å². The van der Waals surface area contributed by atoms with Crippen LogP contribution in [0, 0.1) is 3.57 Å². The fraction of sp³-hybridized carbons (Fsp3) is 0.182. The average Bonchev–Trinajstić information content (AvgIpc) is 2.84. The third-order valence-corrected chi connectivity index (χ3v) is 5.70. The Kier molecular flexibility index (Phi) is 5.92. The van der Waals surface area contributed by atoms with Gasteiger partial charge in [-0.05, 0) is 47.0 Å². The molecule has 0 saturated carbocycles. The van der Waals surface area contributed by atoms with Gasteiger partial charge in [-0.3, -0.25) is 4.79 Å². The fourth-order valence-corrected chi connectivity index (χ4v) is 4.01. The summed E-state index contributed by atoms with van der Waals surface area (Å²) >= 11 is 6.68. The van der Waals surface area contributed by atoms with Crippen LogP contribution in [0.2, 0.25) is 0 Å². The second kappa shape index (κ2) is 7.46. The molecule has 19 heavy (non-hydrogen) atoms. The highest BCUT2D eigenvalue weighted by molar-refractivity contribution is 14.1. The predicted molar refractivity (Wildman–Crippen MR) is 90.2 cm³/mol. The summed E-state index contributed by atoms with van der Waals surface area (Å²) in [6, 6.07) is 7.71. The molecule has 1 amide bonds. The number of hydrogen-bond acceptors (Lipinski definition) is 6. The summed E-state index contributed by atoms with van der Waals surface area (Å²) in [6.07, 6.45) is 1.96. The van der Waals surface area contributed by atoms with E-state index in [-0.39, 0.29) is 5.91 Å². The Balaban J connectivity index is 1.84. The number of rotatable bonds is 5. The van der Waals surface area contributed by atoms with Gasteiger partial charge in [0, 0.05) is 9.26 Å². The molecule has 0 aliphatic heterocycles. The van der Waals surface area contributed by atoms with Crippen molar-refractivity contribution in [2.24, 2.45) is 0 Å². The number of halogens is 1. The van der Waals surface area contributed by atoms with Crippen LogP contribution in [0.3, 0.4) is 0 Å². The third kappa shape index (κ3) is 4.93. The summed E-state index contributed by atoms with van der Waals surface area (Å²) in [7, 11) is 0. The lowest BCUT2D eigenvalue weighted by Gasteiger charge is -2.04. The van der Waals surface area contributed by atoms with Crippen molar-refractivity contribution in [2.75, 3.05) is 17.3 Å². The van der Waals surface area contributed by atoms with Gasteiger partial charge in [0.15, 0.2) is 8.68 Å². The lowest BCUT2D eigenvalue weighted by Crippen LogP contribution is -2.13. The molecule has 1 N–H and O–H groups in total. The SMILES string of the molecule is CSc1nnc(SCC(=O)Nc2cccc(I)c2)s1. The number of anilines is 1. The molecule has 4 nitrogen and oxygen atoms in total. The van der Waals surface area contributed by atoms with E-state index >= 15 is 0 Å². The lowest BCUT2D eigenvalue weighted by atomic mass is 10.3. The molecular formula is C11H10IN3OS3. The van der Waals surface area contributed by atoms with E-state index in [1.54, 1.807) is 11.8 Å². The lowest BCUT2D eigenvalue weighted by molar-refractivity contribution is -0.113. The van der Waals surface area contributed by atoms with Crippen molar-refractivity contribution >= 4 is 69.0 Å². The zero-order valence-electron chi connectivity index (χ0n) is 9.92. The Morgan fingerprint density at radius 2 is 2.21 bits per heavy atom. The highest BCUT2D eigenvalue weighted by Gasteiger charge is 2.08. The van der Waals surface area contributed by atoms with Crippen LogP contribution in [0.1, 0.15) is 0 Å². The van der Waals surface area contributed by atoms with E-state index in [0.29, 0.717) is 5.75 Å². The number of hydrogen-bond donors (Lipinski definition) is 1. The number of amides is 1. The number of nitrogens with zero attached hydrogens (tertiary/aromatic N) is 2. The molecule has 0 atom stereocenters. The third-order valence-electron chi connectivity index (χ3n) is 2.00. The van der Waals surface area contributed by atoms with Gasteiger partial charge in [0.2, 0.25) is 5.91 Å². The molecule has 0 fully saturated rings. The van der Waals surface area contributed by atoms with Gasteiger partial charge in [0.25, 0.3) is 0 Å². The van der Waals surface area contributed by atoms with Crippen molar-refractivity contribution in [1.82, 2.24) is 10.2 Å². The van der Waals surface area contributed by atoms with Crippen molar-refractivity contribution in [3.05, 3.63) is 27.8 Å². The van der Waals surface area contributed by atoms with Gasteiger partial charge in [-0.2, -0.15) is 0 Å². The molecule has 100 valence electrons. The maximum absolute atomic E-state index is 11.8. The molecule has 0 aliphatic carbocycles. The number of carbonyl (C=O) groups is 1. The second-order valence-electron chi connectivity index (χ2n) is 3.39. The molecule has 0 spiro atoms. The maximum Gasteiger partial charge on any atom is 0.234 e. The number of benzene rings is 1. The first-order chi connectivity index (χ1) is 9.17. The van der Waals surface area contributed by atoms with Gasteiger partial charge < -0.3 is 5.32 Å². The van der Waals surface area contributed by atoms with Crippen LogP contribution in [0.5, 0.6) is 0 Å². The highest BCUT2D eigenvalue weighted by Crippen LogP contribution is 2.27. The van der Waals surface area contributed by atoms with Crippen LogP contribution in [-0.2, 0) is 4.79 Å². The minimum atomic E-state index is -0.0344. The van der Waals surface area contributed by atoms with Crippen LogP contribution < -0.4 is 5.32 Å². The number of nitrogens with one attached hydrogen (secondary N) is 1. The monoisotopic (exact) mass is 423 g/mol. The summed E-state index contributed by atoms with van der Waals surface area (Å²) in [5.41, 5.74) is 0.819. The fourth-order valence-electron chi connectivity index (χ4n) is 1.23. The summed E-state index contributed by atoms with van der Waals surface area (Å²) in [6.45, 7) is 0. The van der Waals surface area contributed by atoms with Gasteiger partial charge in [0.05, 0.1) is 5.75 Å². The normalized spacial score (nSPS) is 10.4. The van der Waals surface area contributed by atoms with Gasteiger partial charge in [-0.25, -0.2) is 0 Å². The van der Waals surface area contributed by atoms with Gasteiger partial charge in [-0.15, -0.1) is 10.2 Å². The van der Waals surface area contributed by atoms with Gasteiger partial charge >= 0.3 is 0 Å². The van der Waals surface area contributed by atoms with Crippen molar-refractivity contribution in [3.8, 4) is 0 Å².